The van der Waals surface area contributed by atoms with E-state index < -0.39 is 0 Å². The van der Waals surface area contributed by atoms with Gasteiger partial charge in [-0.15, -0.1) is 0 Å². The molecule has 2 N–H and O–H groups in total. The molecule has 1 aliphatic carbocycles. The highest BCUT2D eigenvalue weighted by atomic mass is 15.1. The second-order valence-corrected chi connectivity index (χ2v) is 6.69. The van der Waals surface area contributed by atoms with E-state index in [1.165, 1.54) is 73.8 Å². The summed E-state index contributed by atoms with van der Waals surface area (Å²) in [4.78, 5) is 5.98. The second kappa shape index (κ2) is 5.72. The fourth-order valence-corrected chi connectivity index (χ4v) is 3.93. The Labute approximate surface area is 126 Å². The summed E-state index contributed by atoms with van der Waals surface area (Å²) < 4.78 is 0. The Hall–Kier alpha value is -1.48. The lowest BCUT2D eigenvalue weighted by atomic mass is 10.1. The summed E-state index contributed by atoms with van der Waals surface area (Å²) in [5.41, 5.74) is 4.02. The molecule has 3 heteroatoms. The average Bonchev–Trinajstić information content (AvgIpc) is 3.19. The van der Waals surface area contributed by atoms with Crippen LogP contribution < -0.4 is 5.32 Å². The Morgan fingerprint density at radius 1 is 1.10 bits per heavy atom. The topological polar surface area (TPSA) is 31.1 Å². The maximum Gasteiger partial charge on any atom is 0.0689 e. The molecule has 3 nitrogen and oxygen atoms in total. The Balaban J connectivity index is 1.61. The minimum atomic E-state index is 0.665. The normalized spacial score (nSPS) is 20.6. The number of nitrogens with one attached hydrogen (secondary N) is 2. The maximum absolute atomic E-state index is 3.79. The molecule has 0 unspecified atom stereocenters. The van der Waals surface area contributed by atoms with Gasteiger partial charge in [-0.05, 0) is 62.5 Å². The van der Waals surface area contributed by atoms with Gasteiger partial charge in [-0.2, -0.15) is 0 Å². The number of hydrogen-bond donors (Lipinski definition) is 2. The predicted molar refractivity (Wildman–Crippen MR) is 88.7 cm³/mol. The van der Waals surface area contributed by atoms with E-state index in [2.05, 4.69) is 39.6 Å². The molecule has 2 aromatic rings. The second-order valence-electron chi connectivity index (χ2n) is 6.69. The standard InChI is InChI=1S/C18H25N3/c1-2-6-16(5-1)20-17-12-14(13-21-9-3-4-10-21)11-15-7-8-19-18(15)17/h7-8,11-12,16,19-20H,1-6,9-10,13H2. The first-order valence-corrected chi connectivity index (χ1v) is 8.47. The van der Waals surface area contributed by atoms with Crippen LogP contribution >= 0.6 is 0 Å². The molecule has 2 heterocycles. The number of fused-ring (bicyclic) bond motifs is 1. The molecule has 4 rings (SSSR count). The Bertz CT molecular complexity index is 604. The van der Waals surface area contributed by atoms with E-state index in [1.54, 1.807) is 0 Å². The van der Waals surface area contributed by atoms with Crippen molar-refractivity contribution in [3.63, 3.8) is 0 Å². The zero-order valence-electron chi connectivity index (χ0n) is 12.7. The molecule has 0 amide bonds. The van der Waals surface area contributed by atoms with Gasteiger partial charge in [-0.1, -0.05) is 12.8 Å². The molecule has 1 aromatic carbocycles. The number of H-pyrrole nitrogens is 1. The van der Waals surface area contributed by atoms with Gasteiger partial charge >= 0.3 is 0 Å². The van der Waals surface area contributed by atoms with Crippen LogP contribution in [-0.4, -0.2) is 29.0 Å². The molecule has 0 radical (unpaired) electrons. The molecule has 0 bridgehead atoms. The Kier molecular flexibility index (Phi) is 3.60. The molecule has 2 fully saturated rings. The fourth-order valence-electron chi connectivity index (χ4n) is 3.93. The lowest BCUT2D eigenvalue weighted by Gasteiger charge is -2.18. The van der Waals surface area contributed by atoms with Crippen molar-refractivity contribution in [1.82, 2.24) is 9.88 Å². The highest BCUT2D eigenvalue weighted by Gasteiger charge is 2.17. The largest absolute Gasteiger partial charge is 0.381 e. The van der Waals surface area contributed by atoms with Crippen LogP contribution in [0.3, 0.4) is 0 Å². The third-order valence-electron chi connectivity index (χ3n) is 5.04. The van der Waals surface area contributed by atoms with Crippen molar-refractivity contribution in [3.8, 4) is 0 Å². The van der Waals surface area contributed by atoms with E-state index in [0.29, 0.717) is 6.04 Å². The van der Waals surface area contributed by atoms with Crippen LogP contribution in [0.15, 0.2) is 24.4 Å². The number of rotatable bonds is 4. The average molecular weight is 283 g/mol. The van der Waals surface area contributed by atoms with Gasteiger partial charge < -0.3 is 10.3 Å². The Morgan fingerprint density at radius 3 is 2.71 bits per heavy atom. The number of benzene rings is 1. The Morgan fingerprint density at radius 2 is 1.90 bits per heavy atom. The molecule has 0 spiro atoms. The van der Waals surface area contributed by atoms with Gasteiger partial charge in [-0.3, -0.25) is 4.90 Å². The smallest absolute Gasteiger partial charge is 0.0689 e. The highest BCUT2D eigenvalue weighted by Crippen LogP contribution is 2.29. The summed E-state index contributed by atoms with van der Waals surface area (Å²) in [6.07, 6.45) is 10.2. The van der Waals surface area contributed by atoms with Crippen molar-refractivity contribution in [2.45, 2.75) is 51.1 Å². The van der Waals surface area contributed by atoms with Crippen molar-refractivity contribution in [3.05, 3.63) is 30.0 Å². The monoisotopic (exact) mass is 283 g/mol. The first-order valence-electron chi connectivity index (χ1n) is 8.47. The number of nitrogens with zero attached hydrogens (tertiary/aromatic N) is 1. The molecule has 21 heavy (non-hydrogen) atoms. The molecular weight excluding hydrogens is 258 g/mol. The van der Waals surface area contributed by atoms with Gasteiger partial charge in [0, 0.05) is 24.2 Å². The van der Waals surface area contributed by atoms with Crippen LogP contribution in [0.5, 0.6) is 0 Å². The number of likely N-dealkylation sites (tertiary alicyclic amines) is 1. The first kappa shape index (κ1) is 13.2. The quantitative estimate of drug-likeness (QED) is 0.884. The van der Waals surface area contributed by atoms with Gasteiger partial charge in [0.15, 0.2) is 0 Å². The van der Waals surface area contributed by atoms with Crippen LogP contribution in [0.1, 0.15) is 44.1 Å². The lowest BCUT2D eigenvalue weighted by Crippen LogP contribution is -2.19. The van der Waals surface area contributed by atoms with Gasteiger partial charge in [0.1, 0.15) is 0 Å². The van der Waals surface area contributed by atoms with E-state index in [-0.39, 0.29) is 0 Å². The van der Waals surface area contributed by atoms with E-state index >= 15 is 0 Å². The lowest BCUT2D eigenvalue weighted by molar-refractivity contribution is 0.331. The third-order valence-corrected chi connectivity index (χ3v) is 5.04. The van der Waals surface area contributed by atoms with Crippen molar-refractivity contribution in [1.29, 1.82) is 0 Å². The van der Waals surface area contributed by atoms with Crippen LogP contribution in [-0.2, 0) is 6.54 Å². The molecule has 112 valence electrons. The number of aromatic amines is 1. The molecular formula is C18H25N3. The van der Waals surface area contributed by atoms with Gasteiger partial charge in [0.2, 0.25) is 0 Å². The zero-order valence-corrected chi connectivity index (χ0v) is 12.7. The third kappa shape index (κ3) is 2.80. The summed E-state index contributed by atoms with van der Waals surface area (Å²) in [7, 11) is 0. The minimum absolute atomic E-state index is 0.665. The predicted octanol–water partition coefficient (Wildman–Crippen LogP) is 4.12. The van der Waals surface area contributed by atoms with E-state index in [9.17, 15) is 0 Å². The molecule has 2 aliphatic rings. The first-order chi connectivity index (χ1) is 10.4. The summed E-state index contributed by atoms with van der Waals surface area (Å²) in [5, 5.41) is 5.13. The maximum atomic E-state index is 3.79. The van der Waals surface area contributed by atoms with Crippen molar-refractivity contribution in [2.75, 3.05) is 18.4 Å². The number of anilines is 1. The van der Waals surface area contributed by atoms with Crippen molar-refractivity contribution in [2.24, 2.45) is 0 Å². The van der Waals surface area contributed by atoms with Gasteiger partial charge in [-0.25, -0.2) is 0 Å². The summed E-state index contributed by atoms with van der Waals surface area (Å²) in [6.45, 7) is 3.62. The van der Waals surface area contributed by atoms with E-state index in [1.807, 2.05) is 0 Å². The molecule has 0 atom stereocenters. The van der Waals surface area contributed by atoms with Crippen LogP contribution in [0.25, 0.3) is 10.9 Å². The fraction of sp³-hybridized carbons (Fsp3) is 0.556. The van der Waals surface area contributed by atoms with Crippen LogP contribution in [0.4, 0.5) is 5.69 Å². The van der Waals surface area contributed by atoms with E-state index in [4.69, 9.17) is 0 Å². The molecule has 1 aromatic heterocycles. The van der Waals surface area contributed by atoms with Crippen molar-refractivity contribution >= 4 is 16.6 Å². The molecule has 1 saturated heterocycles. The van der Waals surface area contributed by atoms with Crippen molar-refractivity contribution < 1.29 is 0 Å². The zero-order chi connectivity index (χ0) is 14.1. The molecule has 1 saturated carbocycles. The summed E-state index contributed by atoms with van der Waals surface area (Å²) >= 11 is 0. The van der Waals surface area contributed by atoms with Crippen LogP contribution in [0.2, 0.25) is 0 Å². The van der Waals surface area contributed by atoms with Gasteiger partial charge in [0.05, 0.1) is 11.2 Å². The number of hydrogen-bond acceptors (Lipinski definition) is 2. The molecule has 1 aliphatic heterocycles. The van der Waals surface area contributed by atoms with E-state index in [0.717, 1.165) is 6.54 Å². The van der Waals surface area contributed by atoms with Gasteiger partial charge in [0.25, 0.3) is 0 Å². The summed E-state index contributed by atoms with van der Waals surface area (Å²) in [5.74, 6) is 0. The van der Waals surface area contributed by atoms with Crippen LogP contribution in [0, 0.1) is 0 Å². The number of aromatic nitrogens is 1. The highest BCUT2D eigenvalue weighted by molar-refractivity contribution is 5.91. The minimum Gasteiger partial charge on any atom is -0.381 e. The SMILES string of the molecule is c1cc2cc(CN3CCCC3)cc(NC3CCCC3)c2[nH]1. The summed E-state index contributed by atoms with van der Waals surface area (Å²) in [6, 6.07) is 7.58.